The number of nitrogens with zero attached hydrogens (tertiary/aromatic N) is 2. The van der Waals surface area contributed by atoms with Gasteiger partial charge in [-0.1, -0.05) is 121 Å². The van der Waals surface area contributed by atoms with Gasteiger partial charge in [0.2, 0.25) is 18.0 Å². The van der Waals surface area contributed by atoms with Gasteiger partial charge in [-0.25, -0.2) is 9.47 Å². The minimum Gasteiger partial charge on any atom is -1.00 e. The molecule has 2 heterocycles. The highest BCUT2D eigenvalue weighted by atomic mass is 127. The van der Waals surface area contributed by atoms with E-state index in [0.29, 0.717) is 28.3 Å². The number of Topliss-reactive ketones (excluding diaryl/α,β-unsaturated/α-hetero) is 1. The van der Waals surface area contributed by atoms with Crippen molar-refractivity contribution in [3.8, 4) is 11.5 Å². The highest BCUT2D eigenvalue weighted by molar-refractivity contribution is 6.34. The maximum Gasteiger partial charge on any atom is 0.239 e. The Balaban J connectivity index is 0.00000360. The molecule has 0 spiro atoms. The van der Waals surface area contributed by atoms with Gasteiger partial charge in [-0.3, -0.25) is 14.4 Å². The molecule has 52 heavy (non-hydrogen) atoms. The Bertz CT molecular complexity index is 2490. The molecule has 2 fully saturated rings. The molecule has 0 unspecified atom stereocenters. The standard InChI is InChI=1S/C45H31N2O4.HI/c1-46-26-14-19-30(27-46)51-36-25-13-12-24-35(36)47-41(48)39-40(42(47)49)45(29-17-6-3-7-18-29)38-34-23-11-9-21-32(34)31-20-8-10-22-33(31)37(38)44(39,43(45)50)28-15-4-2-5-16-28;/h2-27,39-40H,1H3;1H/q+1;/p-1/t39-,40+,44-,45+;. The second kappa shape index (κ2) is 11.7. The van der Waals surface area contributed by atoms with Gasteiger partial charge in [-0.05, 0) is 62.0 Å². The Labute approximate surface area is 317 Å². The lowest BCUT2D eigenvalue weighted by atomic mass is 9.59. The van der Waals surface area contributed by atoms with Crippen LogP contribution in [0.25, 0.3) is 21.5 Å². The third kappa shape index (κ3) is 3.94. The van der Waals surface area contributed by atoms with Gasteiger partial charge < -0.3 is 28.7 Å². The van der Waals surface area contributed by atoms with Crippen LogP contribution >= 0.6 is 0 Å². The third-order valence-corrected chi connectivity index (χ3v) is 11.4. The van der Waals surface area contributed by atoms with E-state index in [4.69, 9.17) is 4.74 Å². The van der Waals surface area contributed by atoms with Crippen molar-refractivity contribution in [3.63, 3.8) is 0 Å². The minimum absolute atomic E-state index is 0. The number of rotatable bonds is 5. The number of fused-ring (bicyclic) bond motifs is 13. The molecule has 2 aliphatic carbocycles. The van der Waals surface area contributed by atoms with Gasteiger partial charge in [0.05, 0.1) is 28.4 Å². The predicted octanol–water partition coefficient (Wildman–Crippen LogP) is 4.59. The quantitative estimate of drug-likeness (QED) is 0.111. The SMILES string of the molecule is C[n+]1cccc(Oc2ccccc2N2C(=O)[C@@H]3[C@H](C2=O)[C@]2(c4ccccc4)C(=O)[C@@]3(c3ccccc3)c3c2c2ccccc2c2ccccc32)c1.[I-]. The molecule has 0 N–H and O–H groups in total. The highest BCUT2D eigenvalue weighted by Crippen LogP contribution is 2.72. The lowest BCUT2D eigenvalue weighted by Crippen LogP contribution is -3.00. The average molecular weight is 791 g/mol. The summed E-state index contributed by atoms with van der Waals surface area (Å²) in [6.07, 6.45) is 3.73. The van der Waals surface area contributed by atoms with E-state index in [2.05, 4.69) is 24.3 Å². The zero-order valence-electron chi connectivity index (χ0n) is 28.1. The van der Waals surface area contributed by atoms with E-state index in [9.17, 15) is 0 Å². The van der Waals surface area contributed by atoms with Gasteiger partial charge in [0.25, 0.3) is 0 Å². The molecule has 3 aliphatic rings. The molecule has 2 amide bonds. The minimum atomic E-state index is -1.44. The molecule has 6 nitrogen and oxygen atoms in total. The normalized spacial score (nSPS) is 22.8. The van der Waals surface area contributed by atoms with Gasteiger partial charge >= 0.3 is 0 Å². The summed E-state index contributed by atoms with van der Waals surface area (Å²) < 4.78 is 8.25. The number of ether oxygens (including phenoxy) is 1. The first-order chi connectivity index (χ1) is 25.0. The second-order valence-corrected chi connectivity index (χ2v) is 13.8. The number of hydrogen-bond acceptors (Lipinski definition) is 4. The lowest BCUT2D eigenvalue weighted by Gasteiger charge is -2.38. The largest absolute Gasteiger partial charge is 1.00 e. The summed E-state index contributed by atoms with van der Waals surface area (Å²) >= 11 is 0. The number of ketones is 1. The number of amides is 2. The third-order valence-electron chi connectivity index (χ3n) is 11.4. The molecule has 6 aromatic carbocycles. The van der Waals surface area contributed by atoms with Crippen molar-refractivity contribution >= 4 is 44.8 Å². The lowest BCUT2D eigenvalue weighted by molar-refractivity contribution is -0.671. The number of aryl methyl sites for hydroxylation is 1. The number of benzene rings is 6. The van der Waals surface area contributed by atoms with Crippen LogP contribution in [0, 0.1) is 11.8 Å². The fourth-order valence-corrected chi connectivity index (χ4v) is 9.66. The van der Waals surface area contributed by atoms with Crippen LogP contribution < -0.4 is 38.2 Å². The Morgan fingerprint density at radius 3 is 1.54 bits per heavy atom. The maximum atomic E-state index is 16.1. The fourth-order valence-electron chi connectivity index (χ4n) is 9.66. The molecule has 1 saturated heterocycles. The number of halogens is 1. The Morgan fingerprint density at radius 1 is 0.558 bits per heavy atom. The molecule has 252 valence electrons. The topological polar surface area (TPSA) is 67.6 Å². The van der Waals surface area contributed by atoms with Crippen LogP contribution in [0.1, 0.15) is 22.3 Å². The van der Waals surface area contributed by atoms with Crippen LogP contribution in [0.2, 0.25) is 0 Å². The summed E-state index contributed by atoms with van der Waals surface area (Å²) in [5, 5.41) is 3.84. The van der Waals surface area contributed by atoms with E-state index in [1.54, 1.807) is 18.2 Å². The van der Waals surface area contributed by atoms with Gasteiger partial charge in [0.1, 0.15) is 7.05 Å². The number of carbonyl (C=O) groups is 3. The van der Waals surface area contributed by atoms with Crippen LogP contribution in [-0.4, -0.2) is 17.6 Å². The molecule has 2 bridgehead atoms. The van der Waals surface area contributed by atoms with Gasteiger partial charge in [0.15, 0.2) is 23.5 Å². The summed E-state index contributed by atoms with van der Waals surface area (Å²) in [7, 11) is 1.90. The monoisotopic (exact) mass is 790 g/mol. The van der Waals surface area contributed by atoms with Gasteiger partial charge in [0, 0.05) is 6.07 Å². The van der Waals surface area contributed by atoms with Crippen molar-refractivity contribution in [2.75, 3.05) is 4.90 Å². The van der Waals surface area contributed by atoms with Crippen molar-refractivity contribution in [2.45, 2.75) is 10.8 Å². The molecule has 1 aliphatic heterocycles. The summed E-state index contributed by atoms with van der Waals surface area (Å²) in [6.45, 7) is 0. The fraction of sp³-hybridized carbons (Fsp3) is 0.111. The van der Waals surface area contributed by atoms with E-state index in [1.807, 2.05) is 127 Å². The van der Waals surface area contributed by atoms with Gasteiger partial charge in [-0.2, -0.15) is 0 Å². The molecule has 0 radical (unpaired) electrons. The number of aromatic nitrogens is 1. The molecule has 1 saturated carbocycles. The first-order valence-corrected chi connectivity index (χ1v) is 17.2. The number of imide groups is 1. The summed E-state index contributed by atoms with van der Waals surface area (Å²) in [6, 6.07) is 46.4. The van der Waals surface area contributed by atoms with Crippen LogP contribution in [0.4, 0.5) is 5.69 Å². The first kappa shape index (κ1) is 32.3. The summed E-state index contributed by atoms with van der Waals surface area (Å²) in [5.41, 5.74) is 0.545. The molecule has 4 atom stereocenters. The molecular formula is C45H31IN2O4. The van der Waals surface area contributed by atoms with Gasteiger partial charge in [-0.15, -0.1) is 0 Å². The number of pyridine rings is 1. The van der Waals surface area contributed by atoms with Crippen LogP contribution in [-0.2, 0) is 32.3 Å². The number of anilines is 1. The predicted molar refractivity (Wildman–Crippen MR) is 195 cm³/mol. The first-order valence-electron chi connectivity index (χ1n) is 17.2. The zero-order chi connectivity index (χ0) is 34.5. The Hall–Kier alpha value is -5.67. The molecule has 7 aromatic rings. The average Bonchev–Trinajstić information content (AvgIpc) is 3.68. The van der Waals surface area contributed by atoms with Crippen molar-refractivity contribution in [2.24, 2.45) is 18.9 Å². The van der Waals surface area contributed by atoms with Crippen LogP contribution in [0.15, 0.2) is 158 Å². The molecular weight excluding hydrogens is 759 g/mol. The second-order valence-electron chi connectivity index (χ2n) is 13.8. The Morgan fingerprint density at radius 2 is 1.02 bits per heavy atom. The highest BCUT2D eigenvalue weighted by Gasteiger charge is 2.82. The van der Waals surface area contributed by atoms with E-state index in [0.717, 1.165) is 32.7 Å². The van der Waals surface area contributed by atoms with E-state index in [1.165, 1.54) is 4.90 Å². The van der Waals surface area contributed by atoms with Crippen LogP contribution in [0.3, 0.4) is 0 Å². The van der Waals surface area contributed by atoms with Crippen molar-refractivity contribution in [3.05, 3.63) is 180 Å². The van der Waals surface area contributed by atoms with Crippen LogP contribution in [0.5, 0.6) is 11.5 Å². The molecule has 7 heteroatoms. The van der Waals surface area contributed by atoms with Crippen molar-refractivity contribution < 1.29 is 47.7 Å². The van der Waals surface area contributed by atoms with Crippen molar-refractivity contribution in [1.82, 2.24) is 0 Å². The Kier molecular flexibility index (Phi) is 7.24. The zero-order valence-corrected chi connectivity index (χ0v) is 30.2. The molecule has 1 aromatic heterocycles. The van der Waals surface area contributed by atoms with E-state index in [-0.39, 0.29) is 29.8 Å². The maximum absolute atomic E-state index is 16.1. The summed E-state index contributed by atoms with van der Waals surface area (Å²) in [4.78, 5) is 48.3. The number of carbonyl (C=O) groups excluding carboxylic acids is 3. The van der Waals surface area contributed by atoms with E-state index < -0.39 is 34.5 Å². The number of para-hydroxylation sites is 2. The summed E-state index contributed by atoms with van der Waals surface area (Å²) in [5.74, 6) is -2.00. The van der Waals surface area contributed by atoms with E-state index >= 15 is 14.4 Å². The number of hydrogen-bond donors (Lipinski definition) is 0. The van der Waals surface area contributed by atoms with Crippen molar-refractivity contribution in [1.29, 1.82) is 0 Å². The molecule has 10 rings (SSSR count). The smallest absolute Gasteiger partial charge is 0.239 e.